The number of hydrogen-bond acceptors (Lipinski definition) is 11. The van der Waals surface area contributed by atoms with Crippen LogP contribution in [-0.2, 0) is 31.5 Å². The number of nitrogens with one attached hydrogen (secondary N) is 3. The first kappa shape index (κ1) is 27.1. The van der Waals surface area contributed by atoms with Crippen molar-refractivity contribution in [3.63, 3.8) is 0 Å². The first-order valence-corrected chi connectivity index (χ1v) is 14.2. The standard InChI is InChI=1S/C17H25N7O8S3/c1-24(2)17-21-15(18-11-5-3-4-6-12(11)23-33(25)26)20-16(22-17)19-13-9-10(34(27,28)29)7-8-14(13)35(30,31)32/h7-9,11-12,23H,3-6H2,1-2H3,(H,25,26)(H,27,28,29)(H,30,31,32)(H2,18,19,20,21,22). The average Bonchev–Trinajstić information content (AvgIpc) is 2.73. The first-order chi connectivity index (χ1) is 16.2. The van der Waals surface area contributed by atoms with Crippen LogP contribution in [0.3, 0.4) is 0 Å². The molecule has 3 rings (SSSR count). The van der Waals surface area contributed by atoms with Crippen molar-refractivity contribution < 1.29 is 34.7 Å². The van der Waals surface area contributed by atoms with E-state index in [1.807, 2.05) is 0 Å². The third-order valence-electron chi connectivity index (χ3n) is 5.13. The van der Waals surface area contributed by atoms with Crippen molar-refractivity contribution in [2.45, 2.75) is 47.6 Å². The quantitative estimate of drug-likeness (QED) is 0.186. The van der Waals surface area contributed by atoms with Crippen molar-refractivity contribution >= 4 is 55.0 Å². The van der Waals surface area contributed by atoms with E-state index in [1.165, 1.54) is 4.90 Å². The summed E-state index contributed by atoms with van der Waals surface area (Å²) in [6.07, 6.45) is 3.03. The third kappa shape index (κ3) is 7.26. The molecule has 6 N–H and O–H groups in total. The lowest BCUT2D eigenvalue weighted by Gasteiger charge is -2.31. The molecular weight excluding hydrogens is 526 g/mol. The van der Waals surface area contributed by atoms with E-state index >= 15 is 0 Å². The normalized spacial score (nSPS) is 19.7. The van der Waals surface area contributed by atoms with Gasteiger partial charge in [-0.25, -0.2) is 8.93 Å². The second-order valence-electron chi connectivity index (χ2n) is 7.92. The predicted molar refractivity (Wildman–Crippen MR) is 127 cm³/mol. The molecule has 1 aromatic carbocycles. The highest BCUT2D eigenvalue weighted by atomic mass is 32.2. The predicted octanol–water partition coefficient (Wildman–Crippen LogP) is 0.624. The Morgan fingerprint density at radius 3 is 2.17 bits per heavy atom. The van der Waals surface area contributed by atoms with Crippen LogP contribution in [0.4, 0.5) is 23.5 Å². The van der Waals surface area contributed by atoms with Crippen molar-refractivity contribution in [1.29, 1.82) is 0 Å². The number of aromatic nitrogens is 3. The molecule has 1 fully saturated rings. The van der Waals surface area contributed by atoms with E-state index in [1.54, 1.807) is 14.1 Å². The lowest BCUT2D eigenvalue weighted by molar-refractivity contribution is 0.374. The number of benzene rings is 1. The van der Waals surface area contributed by atoms with Gasteiger partial charge in [0, 0.05) is 26.2 Å². The molecule has 194 valence electrons. The van der Waals surface area contributed by atoms with Gasteiger partial charge in [-0.15, -0.1) is 0 Å². The fraction of sp³-hybridized carbons (Fsp3) is 0.471. The van der Waals surface area contributed by atoms with Crippen molar-refractivity contribution in [1.82, 2.24) is 19.7 Å². The van der Waals surface area contributed by atoms with Gasteiger partial charge in [0.15, 0.2) is 0 Å². The molecule has 1 aliphatic carbocycles. The molecule has 3 atom stereocenters. The summed E-state index contributed by atoms with van der Waals surface area (Å²) in [5.41, 5.74) is -0.405. The monoisotopic (exact) mass is 551 g/mol. The number of hydrogen-bond donors (Lipinski definition) is 6. The van der Waals surface area contributed by atoms with Gasteiger partial charge in [0.2, 0.25) is 29.1 Å². The Hall–Kier alpha value is -2.48. The van der Waals surface area contributed by atoms with Crippen molar-refractivity contribution in [3.8, 4) is 0 Å². The largest absolute Gasteiger partial charge is 0.350 e. The molecule has 0 aliphatic heterocycles. The van der Waals surface area contributed by atoms with Gasteiger partial charge in [0.25, 0.3) is 20.2 Å². The van der Waals surface area contributed by atoms with Gasteiger partial charge in [-0.1, -0.05) is 12.8 Å². The maximum absolute atomic E-state index is 11.8. The zero-order valence-corrected chi connectivity index (χ0v) is 21.1. The highest BCUT2D eigenvalue weighted by molar-refractivity contribution is 7.86. The van der Waals surface area contributed by atoms with Crippen LogP contribution in [0.1, 0.15) is 25.7 Å². The molecular formula is C17H25N7O8S3. The molecule has 1 heterocycles. The molecule has 1 aliphatic rings. The molecule has 35 heavy (non-hydrogen) atoms. The second kappa shape index (κ2) is 10.6. The zero-order chi connectivity index (χ0) is 26.0. The van der Waals surface area contributed by atoms with E-state index < -0.39 is 47.0 Å². The molecule has 0 bridgehead atoms. The molecule has 15 nitrogen and oxygen atoms in total. The van der Waals surface area contributed by atoms with Crippen LogP contribution < -0.4 is 20.3 Å². The second-order valence-corrected chi connectivity index (χ2v) is 11.5. The van der Waals surface area contributed by atoms with Gasteiger partial charge in [-0.05, 0) is 31.0 Å². The van der Waals surface area contributed by atoms with Gasteiger partial charge in [-0.2, -0.15) is 31.8 Å². The van der Waals surface area contributed by atoms with Gasteiger partial charge < -0.3 is 15.5 Å². The SMILES string of the molecule is CN(C)c1nc(Nc2cc(S(=O)(=O)O)ccc2S(=O)(=O)O)nc(NC2CCCCC2NS(=O)O)n1. The lowest BCUT2D eigenvalue weighted by Crippen LogP contribution is -2.47. The molecule has 2 aromatic rings. The van der Waals surface area contributed by atoms with Crippen LogP contribution in [0.25, 0.3) is 0 Å². The summed E-state index contributed by atoms with van der Waals surface area (Å²) in [5.74, 6) is 0.0120. The minimum atomic E-state index is -4.79. The summed E-state index contributed by atoms with van der Waals surface area (Å²) in [6, 6.07) is 1.78. The third-order valence-corrected chi connectivity index (χ3v) is 7.40. The van der Waals surface area contributed by atoms with Crippen LogP contribution in [0.15, 0.2) is 28.0 Å². The molecule has 1 saturated carbocycles. The van der Waals surface area contributed by atoms with E-state index in [0.29, 0.717) is 12.8 Å². The summed E-state index contributed by atoms with van der Waals surface area (Å²) in [6.45, 7) is 0. The Bertz CT molecular complexity index is 1320. The molecule has 0 saturated heterocycles. The van der Waals surface area contributed by atoms with E-state index in [-0.39, 0.29) is 29.9 Å². The first-order valence-electron chi connectivity index (χ1n) is 10.2. The fourth-order valence-corrected chi connectivity index (χ4v) is 5.21. The molecule has 0 radical (unpaired) electrons. The summed E-state index contributed by atoms with van der Waals surface area (Å²) >= 11 is -2.22. The molecule has 0 amide bonds. The molecule has 0 spiro atoms. The van der Waals surface area contributed by atoms with Crippen molar-refractivity contribution in [2.24, 2.45) is 0 Å². The van der Waals surface area contributed by atoms with Crippen LogP contribution in [0, 0.1) is 0 Å². The van der Waals surface area contributed by atoms with Crippen LogP contribution in [0.2, 0.25) is 0 Å². The molecule has 3 unspecified atom stereocenters. The van der Waals surface area contributed by atoms with E-state index in [4.69, 9.17) is 0 Å². The maximum Gasteiger partial charge on any atom is 0.296 e. The van der Waals surface area contributed by atoms with Crippen LogP contribution in [0.5, 0.6) is 0 Å². The summed E-state index contributed by atoms with van der Waals surface area (Å²) < 4.78 is 88.7. The van der Waals surface area contributed by atoms with E-state index in [9.17, 15) is 34.7 Å². The Labute approximate surface area is 204 Å². The number of nitrogens with zero attached hydrogens (tertiary/aromatic N) is 4. The van der Waals surface area contributed by atoms with Crippen LogP contribution in [-0.4, -0.2) is 75.8 Å². The number of anilines is 4. The van der Waals surface area contributed by atoms with Gasteiger partial charge in [-0.3, -0.25) is 13.7 Å². The lowest BCUT2D eigenvalue weighted by atomic mass is 9.91. The minimum Gasteiger partial charge on any atom is -0.350 e. The Balaban J connectivity index is 2.01. The molecule has 18 heteroatoms. The van der Waals surface area contributed by atoms with Gasteiger partial charge in [0.05, 0.1) is 10.6 Å². The summed E-state index contributed by atoms with van der Waals surface area (Å²) in [4.78, 5) is 12.9. The number of rotatable bonds is 9. The molecule has 1 aromatic heterocycles. The Morgan fingerprint density at radius 1 is 0.971 bits per heavy atom. The highest BCUT2D eigenvalue weighted by Gasteiger charge is 2.27. The van der Waals surface area contributed by atoms with Crippen molar-refractivity contribution in [3.05, 3.63) is 18.2 Å². The summed E-state index contributed by atoms with van der Waals surface area (Å²) in [5, 5.41) is 5.66. The van der Waals surface area contributed by atoms with Gasteiger partial charge in [0.1, 0.15) is 4.90 Å². The van der Waals surface area contributed by atoms with E-state index in [2.05, 4.69) is 30.3 Å². The average molecular weight is 552 g/mol. The maximum atomic E-state index is 11.8. The van der Waals surface area contributed by atoms with Crippen LogP contribution >= 0.6 is 0 Å². The topological polar surface area (TPSA) is 224 Å². The minimum absolute atomic E-state index is 0.0629. The fourth-order valence-electron chi connectivity index (χ4n) is 3.54. The zero-order valence-electron chi connectivity index (χ0n) is 18.6. The Morgan fingerprint density at radius 2 is 1.60 bits per heavy atom. The van der Waals surface area contributed by atoms with E-state index in [0.717, 1.165) is 31.0 Å². The smallest absolute Gasteiger partial charge is 0.296 e. The Kier molecular flexibility index (Phi) is 8.25. The highest BCUT2D eigenvalue weighted by Crippen LogP contribution is 2.28. The summed E-state index contributed by atoms with van der Waals surface area (Å²) in [7, 11) is -6.19. The van der Waals surface area contributed by atoms with Crippen molar-refractivity contribution in [2.75, 3.05) is 29.6 Å². The van der Waals surface area contributed by atoms with Gasteiger partial charge >= 0.3 is 0 Å².